The van der Waals surface area contributed by atoms with E-state index in [1.807, 2.05) is 37.3 Å². The van der Waals surface area contributed by atoms with Crippen molar-refractivity contribution < 1.29 is 0 Å². The molecule has 0 atom stereocenters. The summed E-state index contributed by atoms with van der Waals surface area (Å²) < 4.78 is 1.78. The van der Waals surface area contributed by atoms with Crippen molar-refractivity contribution in [3.63, 3.8) is 0 Å². The topological polar surface area (TPSA) is 47.8 Å². The number of hydrogen-bond donors (Lipinski definition) is 0. The second-order valence-corrected chi connectivity index (χ2v) is 9.64. The fourth-order valence-corrected chi connectivity index (χ4v) is 6.47. The fraction of sp³-hybridized carbons (Fsp3) is 0.250. The smallest absolute Gasteiger partial charge is 0.267 e. The summed E-state index contributed by atoms with van der Waals surface area (Å²) in [5, 5.41) is 4.70. The van der Waals surface area contributed by atoms with Crippen LogP contribution in [0.1, 0.15) is 27.6 Å². The molecule has 0 amide bonds. The van der Waals surface area contributed by atoms with Gasteiger partial charge in [-0.25, -0.2) is 9.97 Å². The molecule has 5 rings (SSSR count). The van der Waals surface area contributed by atoms with E-state index in [0.717, 1.165) is 51.0 Å². The van der Waals surface area contributed by atoms with E-state index in [4.69, 9.17) is 4.98 Å². The van der Waals surface area contributed by atoms with Crippen molar-refractivity contribution in [2.45, 2.75) is 37.1 Å². The maximum atomic E-state index is 13.5. The van der Waals surface area contributed by atoms with Crippen molar-refractivity contribution in [1.82, 2.24) is 14.5 Å². The zero-order valence-corrected chi connectivity index (χ0v) is 17.2. The van der Waals surface area contributed by atoms with Crippen LogP contribution in [0.4, 0.5) is 0 Å². The van der Waals surface area contributed by atoms with Crippen molar-refractivity contribution in [2.24, 2.45) is 0 Å². The first-order valence-corrected chi connectivity index (χ1v) is 11.6. The number of hydrogen-bond acceptors (Lipinski definition) is 6. The van der Waals surface area contributed by atoms with Gasteiger partial charge in [-0.1, -0.05) is 30.0 Å². The summed E-state index contributed by atoms with van der Waals surface area (Å²) in [5.74, 6) is 0.709. The van der Waals surface area contributed by atoms with Gasteiger partial charge in [0.05, 0.1) is 21.8 Å². The molecule has 27 heavy (non-hydrogen) atoms. The van der Waals surface area contributed by atoms with Crippen LogP contribution in [0, 0.1) is 6.92 Å². The van der Waals surface area contributed by atoms with E-state index in [1.54, 1.807) is 39.0 Å². The lowest BCUT2D eigenvalue weighted by molar-refractivity contribution is 0.819. The summed E-state index contributed by atoms with van der Waals surface area (Å²) in [7, 11) is 0. The quantitative estimate of drug-likeness (QED) is 0.350. The highest BCUT2D eigenvalue weighted by Crippen LogP contribution is 2.36. The van der Waals surface area contributed by atoms with E-state index >= 15 is 0 Å². The Balaban J connectivity index is 1.67. The number of para-hydroxylation sites is 1. The standard InChI is InChI=1S/C20H17N3OS3/c1-12-21-13(10-25-12)11-26-20-22-18-17(15-8-5-9-16(15)27-18)19(24)23(20)14-6-3-2-4-7-14/h2-4,6-7,10H,5,8-9,11H2,1H3. The Morgan fingerprint density at radius 1 is 1.19 bits per heavy atom. The summed E-state index contributed by atoms with van der Waals surface area (Å²) in [4.78, 5) is 25.2. The number of benzene rings is 1. The van der Waals surface area contributed by atoms with Gasteiger partial charge < -0.3 is 0 Å². The van der Waals surface area contributed by atoms with E-state index in [2.05, 4.69) is 10.4 Å². The average Bonchev–Trinajstić information content (AvgIpc) is 3.36. The minimum absolute atomic E-state index is 0.0579. The van der Waals surface area contributed by atoms with Crippen LogP contribution < -0.4 is 5.56 Å². The van der Waals surface area contributed by atoms with Crippen LogP contribution in [-0.2, 0) is 18.6 Å². The summed E-state index contributed by atoms with van der Waals surface area (Å²) in [6.45, 7) is 2.01. The van der Waals surface area contributed by atoms with Crippen LogP contribution in [0.5, 0.6) is 0 Å². The van der Waals surface area contributed by atoms with Gasteiger partial charge in [0.2, 0.25) is 0 Å². The molecule has 0 fully saturated rings. The minimum atomic E-state index is 0.0579. The number of nitrogens with zero attached hydrogens (tertiary/aromatic N) is 3. The summed E-state index contributed by atoms with van der Waals surface area (Å²) in [6, 6.07) is 9.83. The third-order valence-corrected chi connectivity index (χ3v) is 7.72. The normalized spacial score (nSPS) is 13.4. The van der Waals surface area contributed by atoms with Gasteiger partial charge in [0.25, 0.3) is 5.56 Å². The Morgan fingerprint density at radius 2 is 2.04 bits per heavy atom. The highest BCUT2D eigenvalue weighted by Gasteiger charge is 2.24. The van der Waals surface area contributed by atoms with E-state index in [9.17, 15) is 4.79 Å². The van der Waals surface area contributed by atoms with Gasteiger partial charge >= 0.3 is 0 Å². The molecule has 3 heterocycles. The minimum Gasteiger partial charge on any atom is -0.268 e. The van der Waals surface area contributed by atoms with Crippen LogP contribution >= 0.6 is 34.4 Å². The van der Waals surface area contributed by atoms with Gasteiger partial charge in [-0.05, 0) is 43.9 Å². The maximum absolute atomic E-state index is 13.5. The number of thioether (sulfide) groups is 1. The molecule has 0 radical (unpaired) electrons. The molecule has 0 saturated heterocycles. The number of fused-ring (bicyclic) bond motifs is 3. The lowest BCUT2D eigenvalue weighted by Gasteiger charge is -2.12. The molecule has 0 bridgehead atoms. The Hall–Kier alpha value is -1.96. The molecular weight excluding hydrogens is 394 g/mol. The molecule has 1 aromatic carbocycles. The Kier molecular flexibility index (Phi) is 4.38. The van der Waals surface area contributed by atoms with Crippen molar-refractivity contribution >= 4 is 44.7 Å². The first kappa shape index (κ1) is 17.2. The zero-order chi connectivity index (χ0) is 18.4. The van der Waals surface area contributed by atoms with Gasteiger partial charge in [0, 0.05) is 16.0 Å². The van der Waals surface area contributed by atoms with E-state index in [1.165, 1.54) is 10.4 Å². The molecule has 4 aromatic rings. The maximum Gasteiger partial charge on any atom is 0.267 e. The lowest BCUT2D eigenvalue weighted by Crippen LogP contribution is -2.21. The Bertz CT molecular complexity index is 1190. The van der Waals surface area contributed by atoms with Crippen LogP contribution in [0.3, 0.4) is 0 Å². The van der Waals surface area contributed by atoms with Gasteiger partial charge in [-0.15, -0.1) is 22.7 Å². The van der Waals surface area contributed by atoms with Crippen LogP contribution in [-0.4, -0.2) is 14.5 Å². The third kappa shape index (κ3) is 3.03. The molecule has 7 heteroatoms. The first-order valence-electron chi connectivity index (χ1n) is 8.87. The van der Waals surface area contributed by atoms with Gasteiger partial charge in [0.15, 0.2) is 5.16 Å². The fourth-order valence-electron chi connectivity index (χ4n) is 3.54. The molecule has 0 unspecified atom stereocenters. The third-order valence-electron chi connectivity index (χ3n) is 4.74. The molecule has 0 saturated carbocycles. The molecule has 1 aliphatic rings. The lowest BCUT2D eigenvalue weighted by atomic mass is 10.2. The van der Waals surface area contributed by atoms with E-state index in [-0.39, 0.29) is 5.56 Å². The van der Waals surface area contributed by atoms with Crippen molar-refractivity contribution in [3.8, 4) is 5.69 Å². The summed E-state index contributed by atoms with van der Waals surface area (Å²) in [6.07, 6.45) is 3.20. The van der Waals surface area contributed by atoms with Crippen LogP contribution in [0.25, 0.3) is 15.9 Å². The number of thiophene rings is 1. The predicted molar refractivity (Wildman–Crippen MR) is 114 cm³/mol. The molecule has 0 aliphatic heterocycles. The summed E-state index contributed by atoms with van der Waals surface area (Å²) >= 11 is 4.92. The van der Waals surface area contributed by atoms with Crippen molar-refractivity contribution in [1.29, 1.82) is 0 Å². The largest absolute Gasteiger partial charge is 0.268 e. The van der Waals surface area contributed by atoms with E-state index < -0.39 is 0 Å². The highest BCUT2D eigenvalue weighted by molar-refractivity contribution is 7.98. The van der Waals surface area contributed by atoms with Crippen LogP contribution in [0.15, 0.2) is 45.7 Å². The van der Waals surface area contributed by atoms with Crippen LogP contribution in [0.2, 0.25) is 0 Å². The zero-order valence-electron chi connectivity index (χ0n) is 14.8. The SMILES string of the molecule is Cc1nc(CSc2nc3sc4c(c3c(=O)n2-c2ccccc2)CCC4)cs1. The highest BCUT2D eigenvalue weighted by atomic mass is 32.2. The van der Waals surface area contributed by atoms with Gasteiger partial charge in [0.1, 0.15) is 4.83 Å². The second kappa shape index (κ2) is 6.89. The molecule has 1 aliphatic carbocycles. The number of rotatable bonds is 4. The monoisotopic (exact) mass is 411 g/mol. The number of aromatic nitrogens is 3. The number of thiazole rings is 1. The van der Waals surface area contributed by atoms with Crippen molar-refractivity contribution in [2.75, 3.05) is 0 Å². The molecule has 3 aromatic heterocycles. The molecular formula is C20H17N3OS3. The molecule has 136 valence electrons. The Labute approximate surface area is 168 Å². The first-order chi connectivity index (χ1) is 13.2. The van der Waals surface area contributed by atoms with E-state index in [0.29, 0.717) is 5.75 Å². The average molecular weight is 412 g/mol. The van der Waals surface area contributed by atoms with Crippen molar-refractivity contribution in [3.05, 3.63) is 67.2 Å². The van der Waals surface area contributed by atoms with Gasteiger partial charge in [-0.2, -0.15) is 0 Å². The summed E-state index contributed by atoms with van der Waals surface area (Å²) in [5.41, 5.74) is 3.18. The molecule has 0 spiro atoms. The molecule has 4 nitrogen and oxygen atoms in total. The number of aryl methyl sites for hydroxylation is 3. The molecule has 0 N–H and O–H groups in total. The Morgan fingerprint density at radius 3 is 2.81 bits per heavy atom. The predicted octanol–water partition coefficient (Wildman–Crippen LogP) is 4.99. The van der Waals surface area contributed by atoms with Gasteiger partial charge in [-0.3, -0.25) is 9.36 Å². The second-order valence-electron chi connectivity index (χ2n) is 6.55.